The molecule has 0 radical (unpaired) electrons. The van der Waals surface area contributed by atoms with Crippen LogP contribution in [0.5, 0.6) is 0 Å². The molecular formula is C21H22F3NO2. The predicted octanol–water partition coefficient (Wildman–Crippen LogP) is 4.56. The Hall–Kier alpha value is -2.34. The molecule has 1 fully saturated rings. The van der Waals surface area contributed by atoms with Crippen LogP contribution >= 0.6 is 0 Å². The number of halogens is 3. The smallest absolute Gasteiger partial charge is 0.256 e. The molecule has 0 aromatic heterocycles. The lowest BCUT2D eigenvalue weighted by atomic mass is 9.93. The van der Waals surface area contributed by atoms with Gasteiger partial charge >= 0.3 is 0 Å². The van der Waals surface area contributed by atoms with E-state index in [9.17, 15) is 18.0 Å². The summed E-state index contributed by atoms with van der Waals surface area (Å²) in [7, 11) is 0. The normalized spacial score (nSPS) is 15.1. The zero-order chi connectivity index (χ0) is 19.2. The van der Waals surface area contributed by atoms with Crippen molar-refractivity contribution in [3.63, 3.8) is 0 Å². The zero-order valence-electron chi connectivity index (χ0n) is 15.0. The Morgan fingerprint density at radius 1 is 1.00 bits per heavy atom. The topological polar surface area (TPSA) is 29.5 Å². The Morgan fingerprint density at radius 3 is 2.37 bits per heavy atom. The van der Waals surface area contributed by atoms with Crippen molar-refractivity contribution >= 4 is 5.91 Å². The highest BCUT2D eigenvalue weighted by molar-refractivity contribution is 5.94. The number of nitrogens with zero attached hydrogens (tertiary/aromatic N) is 1. The van der Waals surface area contributed by atoms with Crippen LogP contribution in [-0.4, -0.2) is 30.5 Å². The van der Waals surface area contributed by atoms with Gasteiger partial charge in [-0.1, -0.05) is 12.1 Å². The van der Waals surface area contributed by atoms with Gasteiger partial charge in [-0.3, -0.25) is 4.79 Å². The fourth-order valence-corrected chi connectivity index (χ4v) is 3.28. The van der Waals surface area contributed by atoms with Gasteiger partial charge in [0.05, 0.1) is 12.2 Å². The lowest BCUT2D eigenvalue weighted by Crippen LogP contribution is -2.39. The van der Waals surface area contributed by atoms with Crippen LogP contribution in [0.25, 0.3) is 0 Å². The second kappa shape index (κ2) is 9.04. The van der Waals surface area contributed by atoms with Gasteiger partial charge in [-0.2, -0.15) is 0 Å². The summed E-state index contributed by atoms with van der Waals surface area (Å²) in [5, 5.41) is 0. The van der Waals surface area contributed by atoms with Crippen LogP contribution in [0.15, 0.2) is 42.5 Å². The Balaban J connectivity index is 1.40. The highest BCUT2D eigenvalue weighted by Gasteiger charge is 2.25. The summed E-state index contributed by atoms with van der Waals surface area (Å²) in [5.74, 6) is -1.61. The third-order valence-corrected chi connectivity index (χ3v) is 4.91. The van der Waals surface area contributed by atoms with E-state index in [1.165, 1.54) is 12.1 Å². The lowest BCUT2D eigenvalue weighted by Gasteiger charge is -2.32. The maximum atomic E-state index is 13.8. The molecule has 0 N–H and O–H groups in total. The molecule has 27 heavy (non-hydrogen) atoms. The van der Waals surface area contributed by atoms with Crippen molar-refractivity contribution in [3.8, 4) is 0 Å². The molecule has 0 unspecified atom stereocenters. The third-order valence-electron chi connectivity index (χ3n) is 4.91. The van der Waals surface area contributed by atoms with E-state index in [-0.39, 0.29) is 11.4 Å². The van der Waals surface area contributed by atoms with Gasteiger partial charge in [0.1, 0.15) is 17.5 Å². The Labute approximate surface area is 156 Å². The predicted molar refractivity (Wildman–Crippen MR) is 95.7 cm³/mol. The van der Waals surface area contributed by atoms with Gasteiger partial charge < -0.3 is 9.64 Å². The van der Waals surface area contributed by atoms with Gasteiger partial charge in [-0.15, -0.1) is 0 Å². The van der Waals surface area contributed by atoms with Crippen molar-refractivity contribution in [3.05, 3.63) is 71.0 Å². The van der Waals surface area contributed by atoms with E-state index in [4.69, 9.17) is 4.74 Å². The van der Waals surface area contributed by atoms with Gasteiger partial charge in [0, 0.05) is 19.7 Å². The fraction of sp³-hybridized carbons (Fsp3) is 0.381. The van der Waals surface area contributed by atoms with Crippen molar-refractivity contribution in [2.75, 3.05) is 19.7 Å². The average Bonchev–Trinajstić information content (AvgIpc) is 2.68. The molecule has 1 amide bonds. The van der Waals surface area contributed by atoms with E-state index in [1.54, 1.807) is 17.0 Å². The van der Waals surface area contributed by atoms with Gasteiger partial charge in [0.2, 0.25) is 0 Å². The number of ether oxygens (including phenoxy) is 1. The van der Waals surface area contributed by atoms with E-state index in [2.05, 4.69) is 0 Å². The van der Waals surface area contributed by atoms with Crippen molar-refractivity contribution in [1.29, 1.82) is 0 Å². The van der Waals surface area contributed by atoms with Gasteiger partial charge in [-0.25, -0.2) is 13.2 Å². The lowest BCUT2D eigenvalue weighted by molar-refractivity contribution is 0.0634. The number of likely N-dealkylation sites (tertiary alicyclic amines) is 1. The van der Waals surface area contributed by atoms with Crippen LogP contribution in [0.3, 0.4) is 0 Å². The van der Waals surface area contributed by atoms with E-state index in [0.29, 0.717) is 32.2 Å². The molecule has 2 aromatic rings. The number of benzene rings is 2. The SMILES string of the molecule is O=C(c1cc(F)ccc1F)N1CCC(CCOCc2ccc(F)cc2)CC1. The molecule has 1 heterocycles. The van der Waals surface area contributed by atoms with E-state index in [1.807, 2.05) is 0 Å². The summed E-state index contributed by atoms with van der Waals surface area (Å²) >= 11 is 0. The second-order valence-electron chi connectivity index (χ2n) is 6.83. The quantitative estimate of drug-likeness (QED) is 0.691. The van der Waals surface area contributed by atoms with E-state index in [0.717, 1.165) is 43.0 Å². The van der Waals surface area contributed by atoms with Crippen molar-refractivity contribution in [1.82, 2.24) is 4.90 Å². The number of carbonyl (C=O) groups excluding carboxylic acids is 1. The molecule has 0 bridgehead atoms. The Bertz CT molecular complexity index is 771. The van der Waals surface area contributed by atoms with Crippen LogP contribution in [-0.2, 0) is 11.3 Å². The number of piperidine rings is 1. The minimum absolute atomic E-state index is 0.212. The first-order valence-electron chi connectivity index (χ1n) is 9.09. The molecule has 0 saturated carbocycles. The summed E-state index contributed by atoms with van der Waals surface area (Å²) < 4.78 is 45.5. The van der Waals surface area contributed by atoms with Crippen LogP contribution in [0, 0.1) is 23.4 Å². The summed E-state index contributed by atoms with van der Waals surface area (Å²) in [4.78, 5) is 14.0. The third kappa shape index (κ3) is 5.32. The van der Waals surface area contributed by atoms with Crippen molar-refractivity contribution in [2.24, 2.45) is 5.92 Å². The number of hydrogen-bond donors (Lipinski definition) is 0. The molecule has 3 rings (SSSR count). The molecule has 1 saturated heterocycles. The fourth-order valence-electron chi connectivity index (χ4n) is 3.28. The average molecular weight is 377 g/mol. The highest BCUT2D eigenvalue weighted by atomic mass is 19.1. The van der Waals surface area contributed by atoms with Crippen LogP contribution in [0.4, 0.5) is 13.2 Å². The van der Waals surface area contributed by atoms with Crippen LogP contribution < -0.4 is 0 Å². The molecule has 6 heteroatoms. The summed E-state index contributed by atoms with van der Waals surface area (Å²) in [6.07, 6.45) is 2.49. The number of carbonyl (C=O) groups is 1. The second-order valence-corrected chi connectivity index (χ2v) is 6.83. The first-order chi connectivity index (χ1) is 13.0. The van der Waals surface area contributed by atoms with Crippen LogP contribution in [0.1, 0.15) is 35.2 Å². The molecule has 144 valence electrons. The maximum absolute atomic E-state index is 13.8. The minimum Gasteiger partial charge on any atom is -0.377 e. The largest absolute Gasteiger partial charge is 0.377 e. The van der Waals surface area contributed by atoms with Crippen molar-refractivity contribution < 1.29 is 22.7 Å². The molecule has 1 aliphatic heterocycles. The Kier molecular flexibility index (Phi) is 6.50. The first-order valence-corrected chi connectivity index (χ1v) is 9.09. The number of hydrogen-bond acceptors (Lipinski definition) is 2. The summed E-state index contributed by atoms with van der Waals surface area (Å²) in [6, 6.07) is 9.15. The Morgan fingerprint density at radius 2 is 1.67 bits per heavy atom. The minimum atomic E-state index is -0.697. The first kappa shape index (κ1) is 19.4. The molecule has 1 aliphatic rings. The van der Waals surface area contributed by atoms with Crippen molar-refractivity contribution in [2.45, 2.75) is 25.9 Å². The summed E-state index contributed by atoms with van der Waals surface area (Å²) in [5.41, 5.74) is 0.713. The number of rotatable bonds is 6. The highest BCUT2D eigenvalue weighted by Crippen LogP contribution is 2.23. The monoisotopic (exact) mass is 377 g/mol. The zero-order valence-corrected chi connectivity index (χ0v) is 15.0. The number of amides is 1. The molecule has 2 aromatic carbocycles. The molecule has 3 nitrogen and oxygen atoms in total. The van der Waals surface area contributed by atoms with E-state index >= 15 is 0 Å². The molecule has 0 spiro atoms. The van der Waals surface area contributed by atoms with Crippen LogP contribution in [0.2, 0.25) is 0 Å². The standard InChI is InChI=1S/C21H22F3NO2/c22-17-3-1-16(2-4-17)14-27-12-9-15-7-10-25(11-8-15)21(26)19-13-18(23)5-6-20(19)24/h1-6,13,15H,7-12,14H2. The maximum Gasteiger partial charge on any atom is 0.256 e. The summed E-state index contributed by atoms with van der Waals surface area (Å²) in [6.45, 7) is 2.08. The van der Waals surface area contributed by atoms with Gasteiger partial charge in [0.25, 0.3) is 5.91 Å². The molecular weight excluding hydrogens is 355 g/mol. The van der Waals surface area contributed by atoms with E-state index < -0.39 is 17.5 Å². The molecule has 0 atom stereocenters. The molecule has 0 aliphatic carbocycles. The van der Waals surface area contributed by atoms with Gasteiger partial charge in [0.15, 0.2) is 0 Å². The van der Waals surface area contributed by atoms with Gasteiger partial charge in [-0.05, 0) is 61.1 Å².